The highest BCUT2D eigenvalue weighted by Gasteiger charge is 2.32. The highest BCUT2D eigenvalue weighted by molar-refractivity contribution is 5.78. The first-order valence-electron chi connectivity index (χ1n) is 6.40. The minimum Gasteiger partial charge on any atom is -0.383 e. The lowest BCUT2D eigenvalue weighted by atomic mass is 9.77. The SMILES string of the molecule is NC(=O)[C@H](O)CC1CCC2CCCCC2N1. The second kappa shape index (κ2) is 5.15. The van der Waals surface area contributed by atoms with Gasteiger partial charge in [-0.15, -0.1) is 0 Å². The molecule has 92 valence electrons. The third kappa shape index (κ3) is 2.74. The van der Waals surface area contributed by atoms with Crippen LogP contribution in [0, 0.1) is 5.92 Å². The van der Waals surface area contributed by atoms with Crippen molar-refractivity contribution >= 4 is 5.91 Å². The van der Waals surface area contributed by atoms with Gasteiger partial charge in [0, 0.05) is 12.1 Å². The van der Waals surface area contributed by atoms with Gasteiger partial charge >= 0.3 is 0 Å². The van der Waals surface area contributed by atoms with Crippen molar-refractivity contribution in [3.8, 4) is 0 Å². The van der Waals surface area contributed by atoms with E-state index in [9.17, 15) is 9.90 Å². The molecule has 0 aromatic heterocycles. The molecule has 4 heteroatoms. The van der Waals surface area contributed by atoms with Crippen LogP contribution < -0.4 is 11.1 Å². The Labute approximate surface area is 96.6 Å². The molecule has 16 heavy (non-hydrogen) atoms. The van der Waals surface area contributed by atoms with Gasteiger partial charge in [0.05, 0.1) is 0 Å². The number of piperidine rings is 1. The Morgan fingerprint density at radius 3 is 2.81 bits per heavy atom. The summed E-state index contributed by atoms with van der Waals surface area (Å²) in [6.07, 6.45) is 7.02. The van der Waals surface area contributed by atoms with Gasteiger partial charge < -0.3 is 16.2 Å². The number of rotatable bonds is 3. The second-order valence-corrected chi connectivity index (χ2v) is 5.25. The quantitative estimate of drug-likeness (QED) is 0.657. The van der Waals surface area contributed by atoms with Gasteiger partial charge in [0.15, 0.2) is 0 Å². The molecule has 1 heterocycles. The van der Waals surface area contributed by atoms with Crippen molar-refractivity contribution in [2.75, 3.05) is 0 Å². The minimum atomic E-state index is -0.988. The van der Waals surface area contributed by atoms with Crippen LogP contribution in [0.3, 0.4) is 0 Å². The van der Waals surface area contributed by atoms with E-state index < -0.39 is 12.0 Å². The zero-order valence-electron chi connectivity index (χ0n) is 9.69. The molecule has 1 aliphatic heterocycles. The average molecular weight is 226 g/mol. The van der Waals surface area contributed by atoms with Gasteiger partial charge in [-0.1, -0.05) is 12.8 Å². The zero-order valence-corrected chi connectivity index (χ0v) is 9.69. The maximum absolute atomic E-state index is 10.8. The smallest absolute Gasteiger partial charge is 0.246 e. The maximum Gasteiger partial charge on any atom is 0.246 e. The molecule has 1 saturated heterocycles. The van der Waals surface area contributed by atoms with E-state index in [0.717, 1.165) is 12.3 Å². The minimum absolute atomic E-state index is 0.266. The fourth-order valence-corrected chi connectivity index (χ4v) is 3.15. The molecular weight excluding hydrogens is 204 g/mol. The lowest BCUT2D eigenvalue weighted by Gasteiger charge is -2.40. The van der Waals surface area contributed by atoms with Gasteiger partial charge in [0.25, 0.3) is 0 Å². The summed E-state index contributed by atoms with van der Waals surface area (Å²) in [6.45, 7) is 0. The van der Waals surface area contributed by atoms with Crippen molar-refractivity contribution in [1.82, 2.24) is 5.32 Å². The molecule has 0 bridgehead atoms. The van der Waals surface area contributed by atoms with Crippen molar-refractivity contribution in [1.29, 1.82) is 0 Å². The number of amides is 1. The zero-order chi connectivity index (χ0) is 11.5. The number of aliphatic hydroxyl groups excluding tert-OH is 1. The molecule has 0 spiro atoms. The number of aliphatic hydroxyl groups is 1. The molecule has 4 N–H and O–H groups in total. The summed E-state index contributed by atoms with van der Waals surface area (Å²) in [5.41, 5.74) is 5.07. The largest absolute Gasteiger partial charge is 0.383 e. The molecule has 0 aromatic rings. The van der Waals surface area contributed by atoms with Gasteiger partial charge in [-0.3, -0.25) is 4.79 Å². The maximum atomic E-state index is 10.8. The first kappa shape index (κ1) is 11.9. The molecule has 1 amide bonds. The van der Waals surface area contributed by atoms with E-state index >= 15 is 0 Å². The molecule has 1 saturated carbocycles. The Hall–Kier alpha value is -0.610. The molecule has 2 rings (SSSR count). The fraction of sp³-hybridized carbons (Fsp3) is 0.917. The predicted octanol–water partition coefficient (Wildman–Crippen LogP) is 0.533. The number of nitrogens with one attached hydrogen (secondary N) is 1. The van der Waals surface area contributed by atoms with Crippen molar-refractivity contribution in [3.63, 3.8) is 0 Å². The number of carbonyl (C=O) groups excluding carboxylic acids is 1. The topological polar surface area (TPSA) is 75.4 Å². The molecule has 0 radical (unpaired) electrons. The van der Waals surface area contributed by atoms with E-state index in [-0.39, 0.29) is 6.04 Å². The summed E-state index contributed by atoms with van der Waals surface area (Å²) in [5.74, 6) is 0.211. The molecule has 4 nitrogen and oxygen atoms in total. The number of hydrogen-bond donors (Lipinski definition) is 3. The Bertz CT molecular complexity index is 257. The second-order valence-electron chi connectivity index (χ2n) is 5.25. The number of carbonyl (C=O) groups is 1. The summed E-state index contributed by atoms with van der Waals surface area (Å²) in [7, 11) is 0. The van der Waals surface area contributed by atoms with E-state index in [1.165, 1.54) is 32.1 Å². The van der Waals surface area contributed by atoms with Crippen molar-refractivity contribution in [2.45, 2.75) is 63.1 Å². The normalized spacial score (nSPS) is 36.4. The van der Waals surface area contributed by atoms with Gasteiger partial charge in [0.2, 0.25) is 5.91 Å². The Morgan fingerprint density at radius 2 is 2.06 bits per heavy atom. The van der Waals surface area contributed by atoms with Crippen LogP contribution in [0.4, 0.5) is 0 Å². The summed E-state index contributed by atoms with van der Waals surface area (Å²) in [5, 5.41) is 13.0. The standard InChI is InChI=1S/C12H22N2O2/c13-12(16)11(15)7-9-6-5-8-3-1-2-4-10(8)14-9/h8-11,14-15H,1-7H2,(H2,13,16)/t8?,9?,10?,11-/m1/s1. The van der Waals surface area contributed by atoms with E-state index in [1.54, 1.807) is 0 Å². The number of nitrogens with two attached hydrogens (primary N) is 1. The average Bonchev–Trinajstić information content (AvgIpc) is 2.28. The Balaban J connectivity index is 1.83. The van der Waals surface area contributed by atoms with Gasteiger partial charge in [-0.25, -0.2) is 0 Å². The molecule has 4 atom stereocenters. The van der Waals surface area contributed by atoms with Gasteiger partial charge in [-0.2, -0.15) is 0 Å². The van der Waals surface area contributed by atoms with Crippen LogP contribution in [0.5, 0.6) is 0 Å². The van der Waals surface area contributed by atoms with Crippen molar-refractivity contribution < 1.29 is 9.90 Å². The van der Waals surface area contributed by atoms with Crippen LogP contribution in [0.15, 0.2) is 0 Å². The first-order valence-corrected chi connectivity index (χ1v) is 6.40. The number of primary amides is 1. The summed E-state index contributed by atoms with van der Waals surface area (Å²) in [6, 6.07) is 0.870. The van der Waals surface area contributed by atoms with Crippen LogP contribution in [0.2, 0.25) is 0 Å². The van der Waals surface area contributed by atoms with E-state index in [0.29, 0.717) is 12.5 Å². The molecule has 1 aliphatic carbocycles. The fourth-order valence-electron chi connectivity index (χ4n) is 3.15. The third-order valence-electron chi connectivity index (χ3n) is 4.08. The van der Waals surface area contributed by atoms with Crippen LogP contribution in [0.1, 0.15) is 44.9 Å². The van der Waals surface area contributed by atoms with Gasteiger partial charge in [-0.05, 0) is 38.0 Å². The summed E-state index contributed by atoms with van der Waals surface area (Å²) >= 11 is 0. The lowest BCUT2D eigenvalue weighted by molar-refractivity contribution is -0.126. The lowest BCUT2D eigenvalue weighted by Crippen LogP contribution is -2.50. The van der Waals surface area contributed by atoms with Crippen molar-refractivity contribution in [3.05, 3.63) is 0 Å². The molecular formula is C12H22N2O2. The monoisotopic (exact) mass is 226 g/mol. The van der Waals surface area contributed by atoms with Crippen molar-refractivity contribution in [2.24, 2.45) is 11.7 Å². The molecule has 3 unspecified atom stereocenters. The molecule has 0 aromatic carbocycles. The van der Waals surface area contributed by atoms with E-state index in [2.05, 4.69) is 5.32 Å². The molecule has 2 fully saturated rings. The van der Waals surface area contributed by atoms with E-state index in [4.69, 9.17) is 5.73 Å². The Kier molecular flexibility index (Phi) is 3.82. The first-order chi connectivity index (χ1) is 7.66. The summed E-state index contributed by atoms with van der Waals surface area (Å²) in [4.78, 5) is 10.8. The van der Waals surface area contributed by atoms with E-state index in [1.807, 2.05) is 0 Å². The number of fused-ring (bicyclic) bond motifs is 1. The third-order valence-corrected chi connectivity index (χ3v) is 4.08. The van der Waals surface area contributed by atoms with Crippen LogP contribution in [-0.2, 0) is 4.79 Å². The molecule has 2 aliphatic rings. The Morgan fingerprint density at radius 1 is 1.31 bits per heavy atom. The predicted molar refractivity (Wildman–Crippen MR) is 61.7 cm³/mol. The highest BCUT2D eigenvalue weighted by atomic mass is 16.3. The summed E-state index contributed by atoms with van der Waals surface area (Å²) < 4.78 is 0. The van der Waals surface area contributed by atoms with Crippen LogP contribution in [0.25, 0.3) is 0 Å². The van der Waals surface area contributed by atoms with Crippen LogP contribution in [-0.4, -0.2) is 29.2 Å². The highest BCUT2D eigenvalue weighted by Crippen LogP contribution is 2.32. The van der Waals surface area contributed by atoms with Crippen LogP contribution >= 0.6 is 0 Å². The van der Waals surface area contributed by atoms with Gasteiger partial charge in [0.1, 0.15) is 6.10 Å². The number of hydrogen-bond acceptors (Lipinski definition) is 3.